The van der Waals surface area contributed by atoms with Crippen molar-refractivity contribution in [3.8, 4) is 28.7 Å². The Labute approximate surface area is 219 Å². The normalized spacial score (nSPS) is 10.9. The van der Waals surface area contributed by atoms with Crippen molar-refractivity contribution in [3.05, 3.63) is 59.7 Å². The highest BCUT2D eigenvalue weighted by Gasteiger charge is 2.33. The van der Waals surface area contributed by atoms with E-state index in [4.69, 9.17) is 33.2 Å². The fourth-order valence-corrected chi connectivity index (χ4v) is 7.03. The summed E-state index contributed by atoms with van der Waals surface area (Å²) >= 11 is 0. The van der Waals surface area contributed by atoms with Crippen LogP contribution in [-0.4, -0.2) is 60.7 Å². The third-order valence-electron chi connectivity index (χ3n) is 5.67. The number of hydrogen-bond acceptors (Lipinski definition) is 8. The van der Waals surface area contributed by atoms with E-state index in [-0.39, 0.29) is 13.4 Å². The lowest BCUT2D eigenvalue weighted by Crippen LogP contribution is -2.28. The average molecular weight is 531 g/mol. The number of hydrogen-bond donors (Lipinski definition) is 1. The summed E-state index contributed by atoms with van der Waals surface area (Å²) in [7, 11) is 6.66. The molecule has 0 saturated carbocycles. The van der Waals surface area contributed by atoms with Crippen LogP contribution < -0.4 is 39.6 Å². The van der Waals surface area contributed by atoms with E-state index in [1.165, 1.54) is 0 Å². The van der Waals surface area contributed by atoms with Gasteiger partial charge in [-0.05, 0) is 42.8 Å². The largest absolute Gasteiger partial charge is 0.496 e. The first kappa shape index (κ1) is 28.5. The summed E-state index contributed by atoms with van der Waals surface area (Å²) in [5.74, 6) is 3.11. The highest BCUT2D eigenvalue weighted by atomic mass is 31.1. The van der Waals surface area contributed by atoms with Crippen LogP contribution in [0.25, 0.3) is 0 Å². The molecule has 0 aliphatic carbocycles. The highest BCUT2D eigenvalue weighted by molar-refractivity contribution is 7.80. The lowest BCUT2D eigenvalue weighted by atomic mass is 10.1. The molecule has 0 saturated heterocycles. The lowest BCUT2D eigenvalue weighted by Gasteiger charge is -2.28. The zero-order chi connectivity index (χ0) is 26.8. The highest BCUT2D eigenvalue weighted by Crippen LogP contribution is 2.48. The molecule has 9 heteroatoms. The molecule has 0 amide bonds. The van der Waals surface area contributed by atoms with Crippen molar-refractivity contribution in [2.24, 2.45) is 0 Å². The van der Waals surface area contributed by atoms with Gasteiger partial charge < -0.3 is 38.3 Å². The summed E-state index contributed by atoms with van der Waals surface area (Å²) in [6, 6.07) is 15.3. The molecule has 3 aromatic carbocycles. The van der Waals surface area contributed by atoms with E-state index in [0.29, 0.717) is 47.5 Å². The molecule has 0 radical (unpaired) electrons. The first-order chi connectivity index (χ1) is 18.0. The van der Waals surface area contributed by atoms with Gasteiger partial charge in [-0.15, -0.1) is 0 Å². The second-order valence-electron chi connectivity index (χ2n) is 7.95. The van der Waals surface area contributed by atoms with E-state index in [1.54, 1.807) is 35.5 Å². The van der Waals surface area contributed by atoms with Crippen LogP contribution in [0.15, 0.2) is 48.5 Å². The molecule has 3 aromatic rings. The summed E-state index contributed by atoms with van der Waals surface area (Å²) < 4.78 is 40.2. The molecule has 1 N–H and O–H groups in total. The van der Waals surface area contributed by atoms with Crippen molar-refractivity contribution >= 4 is 23.8 Å². The maximum atomic E-state index is 10.3. The standard InChI is InChI=1S/C28H35O8P/c1-19-15-20(17-29)26(36-18-35-14-13-30-2)25(16-19)37(27-21(31-3)9-7-10-22(27)32-4)28-23(33-5)11-8-12-24(28)34-6/h7-12,15-16,29H,13-14,17-18H2,1-6H3. The summed E-state index contributed by atoms with van der Waals surface area (Å²) in [6.45, 7) is 2.58. The molecular weight excluding hydrogens is 495 g/mol. The Bertz CT molecular complexity index is 1070. The van der Waals surface area contributed by atoms with E-state index >= 15 is 0 Å². The third-order valence-corrected chi connectivity index (χ3v) is 8.26. The topological polar surface area (TPSA) is 84.8 Å². The van der Waals surface area contributed by atoms with E-state index < -0.39 is 7.92 Å². The Morgan fingerprint density at radius 1 is 0.730 bits per heavy atom. The molecule has 0 fully saturated rings. The smallest absolute Gasteiger partial charge is 0.189 e. The molecule has 0 aromatic heterocycles. The first-order valence-corrected chi connectivity index (χ1v) is 13.0. The number of methoxy groups -OCH3 is 5. The predicted octanol–water partition coefficient (Wildman–Crippen LogP) is 3.28. The second-order valence-corrected chi connectivity index (χ2v) is 10.00. The second kappa shape index (κ2) is 14.1. The molecule has 0 aliphatic heterocycles. The van der Waals surface area contributed by atoms with Crippen molar-refractivity contribution < 1.29 is 38.3 Å². The van der Waals surface area contributed by atoms with Crippen LogP contribution in [0.2, 0.25) is 0 Å². The number of benzene rings is 3. The first-order valence-electron chi connectivity index (χ1n) is 11.7. The van der Waals surface area contributed by atoms with Gasteiger partial charge in [0, 0.05) is 25.9 Å². The van der Waals surface area contributed by atoms with Crippen LogP contribution in [0.3, 0.4) is 0 Å². The van der Waals surface area contributed by atoms with Crippen molar-refractivity contribution in [2.75, 3.05) is 55.6 Å². The Hall–Kier alpha value is -3.03. The number of rotatable bonds is 14. The predicted molar refractivity (Wildman–Crippen MR) is 145 cm³/mol. The molecule has 0 bridgehead atoms. The molecular formula is C28H35O8P. The summed E-state index contributed by atoms with van der Waals surface area (Å²) in [6.07, 6.45) is 0. The monoisotopic (exact) mass is 530 g/mol. The fraction of sp³-hybridized carbons (Fsp3) is 0.357. The number of aliphatic hydroxyl groups excluding tert-OH is 1. The minimum absolute atomic E-state index is 0.0122. The van der Waals surface area contributed by atoms with Crippen LogP contribution in [0.4, 0.5) is 0 Å². The minimum Gasteiger partial charge on any atom is -0.496 e. The van der Waals surface area contributed by atoms with Crippen LogP contribution in [0, 0.1) is 6.92 Å². The Balaban J connectivity index is 2.37. The Morgan fingerprint density at radius 3 is 1.68 bits per heavy atom. The molecule has 3 rings (SSSR count). The molecule has 8 nitrogen and oxygen atoms in total. The van der Waals surface area contributed by atoms with Crippen molar-refractivity contribution in [1.82, 2.24) is 0 Å². The summed E-state index contributed by atoms with van der Waals surface area (Å²) in [4.78, 5) is 0. The van der Waals surface area contributed by atoms with Crippen molar-refractivity contribution in [3.63, 3.8) is 0 Å². The maximum absolute atomic E-state index is 10.3. The van der Waals surface area contributed by atoms with Crippen LogP contribution in [-0.2, 0) is 16.1 Å². The van der Waals surface area contributed by atoms with Gasteiger partial charge in [-0.25, -0.2) is 0 Å². The lowest BCUT2D eigenvalue weighted by molar-refractivity contribution is -0.00878. The molecule has 37 heavy (non-hydrogen) atoms. The van der Waals surface area contributed by atoms with Gasteiger partial charge >= 0.3 is 0 Å². The molecule has 0 aliphatic rings. The third kappa shape index (κ3) is 6.46. The van der Waals surface area contributed by atoms with E-state index in [1.807, 2.05) is 55.5 Å². The summed E-state index contributed by atoms with van der Waals surface area (Å²) in [5, 5.41) is 12.8. The minimum atomic E-state index is -1.46. The quantitative estimate of drug-likeness (QED) is 0.193. The number of aliphatic hydroxyl groups is 1. The average Bonchev–Trinajstić information content (AvgIpc) is 2.93. The van der Waals surface area contributed by atoms with Gasteiger partial charge in [-0.2, -0.15) is 0 Å². The van der Waals surface area contributed by atoms with E-state index in [2.05, 4.69) is 0 Å². The Morgan fingerprint density at radius 2 is 1.24 bits per heavy atom. The van der Waals surface area contributed by atoms with Gasteiger partial charge in [0.1, 0.15) is 28.7 Å². The summed E-state index contributed by atoms with van der Waals surface area (Å²) in [5.41, 5.74) is 1.60. The van der Waals surface area contributed by atoms with Crippen LogP contribution in [0.1, 0.15) is 11.1 Å². The molecule has 200 valence electrons. The zero-order valence-electron chi connectivity index (χ0n) is 22.2. The molecule has 0 unspecified atom stereocenters. The number of aryl methyl sites for hydroxylation is 1. The molecule has 0 spiro atoms. The van der Waals surface area contributed by atoms with Crippen molar-refractivity contribution in [1.29, 1.82) is 0 Å². The van der Waals surface area contributed by atoms with Crippen molar-refractivity contribution in [2.45, 2.75) is 13.5 Å². The van der Waals surface area contributed by atoms with Gasteiger partial charge in [0.25, 0.3) is 0 Å². The molecule has 0 heterocycles. The van der Waals surface area contributed by atoms with Gasteiger partial charge in [-0.1, -0.05) is 18.2 Å². The fourth-order valence-electron chi connectivity index (χ4n) is 4.04. The van der Waals surface area contributed by atoms with E-state index in [0.717, 1.165) is 21.5 Å². The SMILES string of the molecule is COCCOCOc1c(CO)cc(C)cc1P(c1c(OC)cccc1OC)c1c(OC)cccc1OC. The van der Waals surface area contributed by atoms with E-state index in [9.17, 15) is 5.11 Å². The zero-order valence-corrected chi connectivity index (χ0v) is 23.1. The maximum Gasteiger partial charge on any atom is 0.189 e. The van der Waals surface area contributed by atoms with Crippen LogP contribution >= 0.6 is 7.92 Å². The van der Waals surface area contributed by atoms with Gasteiger partial charge in [-0.3, -0.25) is 0 Å². The van der Waals surface area contributed by atoms with Gasteiger partial charge in [0.2, 0.25) is 0 Å². The molecule has 0 atom stereocenters. The van der Waals surface area contributed by atoms with Gasteiger partial charge in [0.05, 0.1) is 58.9 Å². The van der Waals surface area contributed by atoms with Crippen LogP contribution in [0.5, 0.6) is 28.7 Å². The van der Waals surface area contributed by atoms with Gasteiger partial charge in [0.15, 0.2) is 6.79 Å². The Kier molecular flexibility index (Phi) is 10.8. The number of ether oxygens (including phenoxy) is 7.